The van der Waals surface area contributed by atoms with Crippen LogP contribution in [-0.4, -0.2) is 12.1 Å². The van der Waals surface area contributed by atoms with Gasteiger partial charge < -0.3 is 10.5 Å². The van der Waals surface area contributed by atoms with Gasteiger partial charge in [0.2, 0.25) is 0 Å². The van der Waals surface area contributed by atoms with Gasteiger partial charge in [-0.3, -0.25) is 4.98 Å². The van der Waals surface area contributed by atoms with Crippen LogP contribution in [0.5, 0.6) is 5.75 Å². The summed E-state index contributed by atoms with van der Waals surface area (Å²) in [4.78, 5) is 4.12. The second-order valence-electron chi connectivity index (χ2n) is 4.51. The van der Waals surface area contributed by atoms with Crippen molar-refractivity contribution in [1.29, 1.82) is 0 Å². The van der Waals surface area contributed by atoms with E-state index in [2.05, 4.69) is 31.0 Å². The highest BCUT2D eigenvalue weighted by molar-refractivity contribution is 5.51. The van der Waals surface area contributed by atoms with Gasteiger partial charge in [0, 0.05) is 30.1 Å². The summed E-state index contributed by atoms with van der Waals surface area (Å²) >= 11 is 0. The molecule has 2 N–H and O–H groups in total. The van der Waals surface area contributed by atoms with Crippen LogP contribution in [0.15, 0.2) is 30.6 Å². The zero-order chi connectivity index (χ0) is 13.1. The van der Waals surface area contributed by atoms with Crippen LogP contribution in [0.3, 0.4) is 0 Å². The van der Waals surface area contributed by atoms with Gasteiger partial charge in [-0.25, -0.2) is 0 Å². The summed E-state index contributed by atoms with van der Waals surface area (Å²) in [5, 5.41) is 0. The molecule has 94 valence electrons. The fourth-order valence-corrected chi connectivity index (χ4v) is 2.14. The van der Waals surface area contributed by atoms with Crippen LogP contribution in [0.2, 0.25) is 0 Å². The maximum absolute atomic E-state index is 5.96. The summed E-state index contributed by atoms with van der Waals surface area (Å²) in [6, 6.07) is 6.03. The Labute approximate surface area is 108 Å². The predicted octanol–water partition coefficient (Wildman–Crippen LogP) is 2.88. The number of pyridine rings is 1. The largest absolute Gasteiger partial charge is 0.496 e. The molecule has 18 heavy (non-hydrogen) atoms. The van der Waals surface area contributed by atoms with Crippen molar-refractivity contribution >= 4 is 5.69 Å². The molecule has 0 saturated carbocycles. The van der Waals surface area contributed by atoms with E-state index in [9.17, 15) is 0 Å². The summed E-state index contributed by atoms with van der Waals surface area (Å²) in [5.41, 5.74) is 11.3. The Kier molecular flexibility index (Phi) is 3.51. The molecular weight excluding hydrogens is 224 g/mol. The first-order valence-electron chi connectivity index (χ1n) is 5.94. The van der Waals surface area contributed by atoms with Crippen molar-refractivity contribution in [2.45, 2.75) is 20.3 Å². The molecule has 0 spiro atoms. The van der Waals surface area contributed by atoms with Gasteiger partial charge >= 0.3 is 0 Å². The highest BCUT2D eigenvalue weighted by Gasteiger charge is 2.10. The first-order chi connectivity index (χ1) is 8.61. The highest BCUT2D eigenvalue weighted by atomic mass is 16.5. The molecule has 1 aromatic heterocycles. The van der Waals surface area contributed by atoms with Crippen molar-refractivity contribution in [3.05, 3.63) is 52.8 Å². The average Bonchev–Trinajstić information content (AvgIpc) is 2.34. The highest BCUT2D eigenvalue weighted by Crippen LogP contribution is 2.27. The van der Waals surface area contributed by atoms with E-state index < -0.39 is 0 Å². The van der Waals surface area contributed by atoms with E-state index in [0.29, 0.717) is 0 Å². The molecule has 0 unspecified atom stereocenters. The Morgan fingerprint density at radius 2 is 2.06 bits per heavy atom. The Morgan fingerprint density at radius 1 is 1.28 bits per heavy atom. The van der Waals surface area contributed by atoms with Gasteiger partial charge in [-0.15, -0.1) is 0 Å². The molecule has 2 aromatic rings. The topological polar surface area (TPSA) is 48.1 Å². The normalized spacial score (nSPS) is 10.4. The Morgan fingerprint density at radius 3 is 2.72 bits per heavy atom. The second kappa shape index (κ2) is 5.08. The third-order valence-corrected chi connectivity index (χ3v) is 3.10. The third kappa shape index (κ3) is 2.45. The number of aryl methyl sites for hydroxylation is 2. The average molecular weight is 242 g/mol. The Balaban J connectivity index is 2.43. The zero-order valence-corrected chi connectivity index (χ0v) is 11.0. The van der Waals surface area contributed by atoms with Crippen LogP contribution in [0, 0.1) is 13.8 Å². The molecule has 0 radical (unpaired) electrons. The van der Waals surface area contributed by atoms with Crippen LogP contribution in [-0.2, 0) is 6.42 Å². The number of benzene rings is 1. The summed E-state index contributed by atoms with van der Waals surface area (Å²) in [6.07, 6.45) is 4.26. The zero-order valence-electron chi connectivity index (χ0n) is 11.0. The number of anilines is 1. The number of methoxy groups -OCH3 is 1. The fraction of sp³-hybridized carbons (Fsp3) is 0.267. The van der Waals surface area contributed by atoms with E-state index in [1.165, 1.54) is 16.7 Å². The van der Waals surface area contributed by atoms with Crippen molar-refractivity contribution < 1.29 is 4.74 Å². The summed E-state index contributed by atoms with van der Waals surface area (Å²) < 4.78 is 5.46. The van der Waals surface area contributed by atoms with Crippen LogP contribution >= 0.6 is 0 Å². The molecule has 2 rings (SSSR count). The van der Waals surface area contributed by atoms with E-state index >= 15 is 0 Å². The summed E-state index contributed by atoms with van der Waals surface area (Å²) in [6.45, 7) is 4.16. The van der Waals surface area contributed by atoms with E-state index in [4.69, 9.17) is 10.5 Å². The first-order valence-corrected chi connectivity index (χ1v) is 5.94. The SMILES string of the molecule is COc1cc(C)cc(C)c1Cc1cnccc1N. The predicted molar refractivity (Wildman–Crippen MR) is 73.9 cm³/mol. The number of nitrogens with two attached hydrogens (primary N) is 1. The fourth-order valence-electron chi connectivity index (χ4n) is 2.14. The van der Waals surface area contributed by atoms with Gasteiger partial charge in [0.25, 0.3) is 0 Å². The first kappa shape index (κ1) is 12.4. The number of hydrogen-bond donors (Lipinski definition) is 1. The monoisotopic (exact) mass is 242 g/mol. The van der Waals surface area contributed by atoms with Gasteiger partial charge in [-0.05, 0) is 42.7 Å². The number of aromatic nitrogens is 1. The van der Waals surface area contributed by atoms with Gasteiger partial charge in [-0.2, -0.15) is 0 Å². The standard InChI is InChI=1S/C15H18N2O/c1-10-6-11(2)13(15(7-10)18-3)8-12-9-17-5-4-14(12)16/h4-7,9H,8H2,1-3H3,(H2,16,17). The van der Waals surface area contributed by atoms with E-state index in [-0.39, 0.29) is 0 Å². The molecular formula is C15H18N2O. The van der Waals surface area contributed by atoms with Gasteiger partial charge in [-0.1, -0.05) is 6.07 Å². The van der Waals surface area contributed by atoms with Crippen molar-refractivity contribution in [2.75, 3.05) is 12.8 Å². The molecule has 0 fully saturated rings. The van der Waals surface area contributed by atoms with E-state index in [1.54, 1.807) is 13.3 Å². The molecule has 0 bridgehead atoms. The minimum Gasteiger partial charge on any atom is -0.496 e. The molecule has 0 saturated heterocycles. The number of nitrogens with zero attached hydrogens (tertiary/aromatic N) is 1. The lowest BCUT2D eigenvalue weighted by molar-refractivity contribution is 0.410. The van der Waals surface area contributed by atoms with E-state index in [1.807, 2.05) is 12.3 Å². The maximum atomic E-state index is 5.96. The van der Waals surface area contributed by atoms with Crippen molar-refractivity contribution in [2.24, 2.45) is 0 Å². The lowest BCUT2D eigenvalue weighted by Crippen LogP contribution is -2.01. The lowest BCUT2D eigenvalue weighted by atomic mass is 9.98. The molecule has 0 amide bonds. The van der Waals surface area contributed by atoms with Crippen LogP contribution in [0.4, 0.5) is 5.69 Å². The molecule has 0 aliphatic carbocycles. The van der Waals surface area contributed by atoms with Crippen molar-refractivity contribution in [3.63, 3.8) is 0 Å². The van der Waals surface area contributed by atoms with Crippen LogP contribution in [0.1, 0.15) is 22.3 Å². The second-order valence-corrected chi connectivity index (χ2v) is 4.51. The molecule has 3 nitrogen and oxygen atoms in total. The molecule has 3 heteroatoms. The summed E-state index contributed by atoms with van der Waals surface area (Å²) in [7, 11) is 1.70. The molecule has 0 aliphatic heterocycles. The minimum atomic E-state index is 0.745. The van der Waals surface area contributed by atoms with Crippen LogP contribution < -0.4 is 10.5 Å². The number of nitrogen functional groups attached to an aromatic ring is 1. The number of rotatable bonds is 3. The lowest BCUT2D eigenvalue weighted by Gasteiger charge is -2.14. The van der Waals surface area contributed by atoms with Crippen molar-refractivity contribution in [1.82, 2.24) is 4.98 Å². The maximum Gasteiger partial charge on any atom is 0.122 e. The minimum absolute atomic E-state index is 0.745. The quantitative estimate of drug-likeness (QED) is 0.900. The molecule has 0 atom stereocenters. The van der Waals surface area contributed by atoms with Gasteiger partial charge in [0.05, 0.1) is 7.11 Å². The molecule has 0 aliphatic rings. The Bertz CT molecular complexity index is 564. The van der Waals surface area contributed by atoms with Crippen LogP contribution in [0.25, 0.3) is 0 Å². The smallest absolute Gasteiger partial charge is 0.122 e. The van der Waals surface area contributed by atoms with Gasteiger partial charge in [0.1, 0.15) is 5.75 Å². The van der Waals surface area contributed by atoms with Crippen molar-refractivity contribution in [3.8, 4) is 5.75 Å². The molecule has 1 heterocycles. The van der Waals surface area contributed by atoms with Gasteiger partial charge in [0.15, 0.2) is 0 Å². The Hall–Kier alpha value is -2.03. The number of hydrogen-bond acceptors (Lipinski definition) is 3. The van der Waals surface area contributed by atoms with E-state index in [0.717, 1.165) is 23.4 Å². The summed E-state index contributed by atoms with van der Waals surface area (Å²) in [5.74, 6) is 0.913. The third-order valence-electron chi connectivity index (χ3n) is 3.10. The number of ether oxygens (including phenoxy) is 1. The molecule has 1 aromatic carbocycles.